The first kappa shape index (κ1) is 18.2. The number of sulfonamides is 1. The van der Waals surface area contributed by atoms with Gasteiger partial charge >= 0.3 is 0 Å². The second kappa shape index (κ2) is 7.62. The molecular weight excluding hydrogens is 332 g/mol. The summed E-state index contributed by atoms with van der Waals surface area (Å²) in [5.41, 5.74) is 5.66. The number of nitrogens with two attached hydrogens (primary N) is 1. The van der Waals surface area contributed by atoms with Gasteiger partial charge in [-0.25, -0.2) is 8.42 Å². The van der Waals surface area contributed by atoms with E-state index in [1.165, 1.54) is 0 Å². The number of hydrogen-bond acceptors (Lipinski definition) is 3. The first-order valence-electron chi connectivity index (χ1n) is 7.83. The Kier molecular flexibility index (Phi) is 6.03. The van der Waals surface area contributed by atoms with Gasteiger partial charge in [-0.05, 0) is 48.7 Å². The highest BCUT2D eigenvalue weighted by Gasteiger charge is 2.32. The van der Waals surface area contributed by atoms with Crippen LogP contribution in [0.25, 0.3) is 10.8 Å². The van der Waals surface area contributed by atoms with Crippen molar-refractivity contribution in [1.82, 2.24) is 4.31 Å². The molecule has 1 heterocycles. The van der Waals surface area contributed by atoms with E-state index in [1.54, 1.807) is 16.4 Å². The molecule has 6 heteroatoms. The lowest BCUT2D eigenvalue weighted by molar-refractivity contribution is 0.243. The zero-order valence-corrected chi connectivity index (χ0v) is 14.7. The van der Waals surface area contributed by atoms with Gasteiger partial charge in [-0.3, -0.25) is 0 Å². The Morgan fingerprint density at radius 1 is 1.09 bits per heavy atom. The summed E-state index contributed by atoms with van der Waals surface area (Å²) in [6.45, 7) is 1.12. The van der Waals surface area contributed by atoms with Gasteiger partial charge in [0.05, 0.1) is 4.90 Å². The Bertz CT molecular complexity index is 762. The molecule has 2 aromatic carbocycles. The van der Waals surface area contributed by atoms with Gasteiger partial charge < -0.3 is 5.73 Å². The van der Waals surface area contributed by atoms with E-state index in [9.17, 15) is 8.42 Å². The first-order chi connectivity index (χ1) is 10.6. The quantitative estimate of drug-likeness (QED) is 0.917. The van der Waals surface area contributed by atoms with Crippen LogP contribution in [0.2, 0.25) is 0 Å². The van der Waals surface area contributed by atoms with E-state index in [0.29, 0.717) is 18.0 Å². The lowest BCUT2D eigenvalue weighted by Crippen LogP contribution is -2.44. The number of benzene rings is 2. The van der Waals surface area contributed by atoms with Crippen LogP contribution in [-0.2, 0) is 10.0 Å². The summed E-state index contributed by atoms with van der Waals surface area (Å²) in [6.07, 6.45) is 3.64. The van der Waals surface area contributed by atoms with E-state index in [-0.39, 0.29) is 18.4 Å². The molecule has 0 amide bonds. The van der Waals surface area contributed by atoms with Crippen molar-refractivity contribution in [3.63, 3.8) is 0 Å². The number of piperidine rings is 1. The minimum absolute atomic E-state index is 0. The standard InChI is InChI=1S/C17H22N2O2S.ClH/c18-11-10-16-7-3-4-12-19(16)22(20,21)17-9-8-14-5-1-2-6-15(14)13-17;/h1-2,5-6,8-9,13,16H,3-4,7,10-12,18H2;1H. The second-order valence-electron chi connectivity index (χ2n) is 5.85. The third-order valence-corrected chi connectivity index (χ3v) is 6.35. The summed E-state index contributed by atoms with van der Waals surface area (Å²) in [5.74, 6) is 0. The number of fused-ring (bicyclic) bond motifs is 1. The molecule has 0 saturated carbocycles. The zero-order valence-electron chi connectivity index (χ0n) is 13.0. The van der Waals surface area contributed by atoms with Gasteiger partial charge in [0, 0.05) is 12.6 Å². The van der Waals surface area contributed by atoms with Crippen molar-refractivity contribution in [2.75, 3.05) is 13.1 Å². The minimum atomic E-state index is -3.45. The molecule has 1 atom stereocenters. The number of rotatable bonds is 4. The topological polar surface area (TPSA) is 63.4 Å². The molecule has 1 unspecified atom stereocenters. The minimum Gasteiger partial charge on any atom is -0.330 e. The van der Waals surface area contributed by atoms with Crippen molar-refractivity contribution in [3.05, 3.63) is 42.5 Å². The smallest absolute Gasteiger partial charge is 0.243 e. The van der Waals surface area contributed by atoms with E-state index in [1.807, 2.05) is 30.3 Å². The molecule has 1 aliphatic heterocycles. The van der Waals surface area contributed by atoms with Crippen LogP contribution < -0.4 is 5.73 Å². The van der Waals surface area contributed by atoms with Crippen molar-refractivity contribution in [1.29, 1.82) is 0 Å². The van der Waals surface area contributed by atoms with Crippen LogP contribution in [0.1, 0.15) is 25.7 Å². The molecule has 3 rings (SSSR count). The SMILES string of the molecule is Cl.NCCC1CCCCN1S(=O)(=O)c1ccc2ccccc2c1. The lowest BCUT2D eigenvalue weighted by atomic mass is 10.0. The third kappa shape index (κ3) is 3.69. The second-order valence-corrected chi connectivity index (χ2v) is 7.74. The largest absolute Gasteiger partial charge is 0.330 e. The third-order valence-electron chi connectivity index (χ3n) is 4.40. The van der Waals surface area contributed by atoms with Crippen molar-refractivity contribution in [3.8, 4) is 0 Å². The molecule has 4 nitrogen and oxygen atoms in total. The molecule has 0 aliphatic carbocycles. The monoisotopic (exact) mass is 354 g/mol. The Balaban J connectivity index is 0.00000192. The molecule has 1 fully saturated rings. The van der Waals surface area contributed by atoms with Crippen LogP contribution in [0.5, 0.6) is 0 Å². The average molecular weight is 355 g/mol. The highest BCUT2D eigenvalue weighted by Crippen LogP contribution is 2.28. The molecule has 126 valence electrons. The predicted octanol–water partition coefficient (Wildman–Crippen LogP) is 3.15. The highest BCUT2D eigenvalue weighted by molar-refractivity contribution is 7.89. The maximum atomic E-state index is 13.0. The van der Waals surface area contributed by atoms with E-state index >= 15 is 0 Å². The van der Waals surface area contributed by atoms with Gasteiger partial charge in [0.1, 0.15) is 0 Å². The number of hydrogen-bond donors (Lipinski definition) is 1. The Morgan fingerprint density at radius 3 is 2.57 bits per heavy atom. The summed E-state index contributed by atoms with van der Waals surface area (Å²) in [4.78, 5) is 0.384. The fourth-order valence-electron chi connectivity index (χ4n) is 3.23. The van der Waals surface area contributed by atoms with Crippen LogP contribution in [0.4, 0.5) is 0 Å². The molecule has 2 N–H and O–H groups in total. The summed E-state index contributed by atoms with van der Waals surface area (Å²) in [7, 11) is -3.45. The Hall–Kier alpha value is -1.14. The van der Waals surface area contributed by atoms with Crippen LogP contribution in [0.15, 0.2) is 47.4 Å². The van der Waals surface area contributed by atoms with Crippen molar-refractivity contribution >= 4 is 33.2 Å². The van der Waals surface area contributed by atoms with Crippen LogP contribution in [0.3, 0.4) is 0 Å². The fourth-order valence-corrected chi connectivity index (χ4v) is 4.99. The molecular formula is C17H23ClN2O2S. The van der Waals surface area contributed by atoms with Gasteiger partial charge in [0.15, 0.2) is 0 Å². The van der Waals surface area contributed by atoms with Gasteiger partial charge in [-0.2, -0.15) is 4.31 Å². The summed E-state index contributed by atoms with van der Waals surface area (Å²) < 4.78 is 27.7. The van der Waals surface area contributed by atoms with Gasteiger partial charge in [0.2, 0.25) is 10.0 Å². The lowest BCUT2D eigenvalue weighted by Gasteiger charge is -2.34. The Labute approximate surface area is 144 Å². The van der Waals surface area contributed by atoms with Crippen LogP contribution in [0, 0.1) is 0 Å². The van der Waals surface area contributed by atoms with Crippen molar-refractivity contribution in [2.45, 2.75) is 36.6 Å². The van der Waals surface area contributed by atoms with E-state index in [4.69, 9.17) is 5.73 Å². The van der Waals surface area contributed by atoms with Gasteiger partial charge in [-0.1, -0.05) is 36.8 Å². The molecule has 0 bridgehead atoms. The summed E-state index contributed by atoms with van der Waals surface area (Å²) >= 11 is 0. The molecule has 1 saturated heterocycles. The number of halogens is 1. The number of nitrogens with zero attached hydrogens (tertiary/aromatic N) is 1. The Morgan fingerprint density at radius 2 is 1.83 bits per heavy atom. The fraction of sp³-hybridized carbons (Fsp3) is 0.412. The van der Waals surface area contributed by atoms with Gasteiger partial charge in [-0.15, -0.1) is 12.4 Å². The zero-order chi connectivity index (χ0) is 15.6. The molecule has 1 aliphatic rings. The molecule has 2 aromatic rings. The summed E-state index contributed by atoms with van der Waals surface area (Å²) in [5, 5.41) is 2.01. The van der Waals surface area contributed by atoms with E-state index in [2.05, 4.69) is 0 Å². The van der Waals surface area contributed by atoms with Crippen LogP contribution >= 0.6 is 12.4 Å². The van der Waals surface area contributed by atoms with E-state index in [0.717, 1.165) is 36.5 Å². The van der Waals surface area contributed by atoms with Crippen molar-refractivity contribution in [2.24, 2.45) is 5.73 Å². The summed E-state index contributed by atoms with van der Waals surface area (Å²) in [6, 6.07) is 13.2. The van der Waals surface area contributed by atoms with Crippen molar-refractivity contribution < 1.29 is 8.42 Å². The normalized spacial score (nSPS) is 19.4. The first-order valence-corrected chi connectivity index (χ1v) is 9.27. The highest BCUT2D eigenvalue weighted by atomic mass is 35.5. The predicted molar refractivity (Wildman–Crippen MR) is 96.4 cm³/mol. The molecule has 0 radical (unpaired) electrons. The molecule has 0 spiro atoms. The maximum absolute atomic E-state index is 13.0. The van der Waals surface area contributed by atoms with Gasteiger partial charge in [0.25, 0.3) is 0 Å². The molecule has 0 aromatic heterocycles. The molecule has 23 heavy (non-hydrogen) atoms. The van der Waals surface area contributed by atoms with E-state index < -0.39 is 10.0 Å². The van der Waals surface area contributed by atoms with Crippen LogP contribution in [-0.4, -0.2) is 31.9 Å². The average Bonchev–Trinajstić information content (AvgIpc) is 2.55. The maximum Gasteiger partial charge on any atom is 0.243 e.